The largest absolute Gasteiger partial charge is 0.277 e. The highest BCUT2D eigenvalue weighted by Gasteiger charge is 2.44. The number of fused-ring (bicyclic) bond motifs is 3. The summed E-state index contributed by atoms with van der Waals surface area (Å²) in [7, 11) is -6.11. The molecule has 0 aliphatic heterocycles. The van der Waals surface area contributed by atoms with Crippen molar-refractivity contribution in [2.75, 3.05) is 0 Å². The molecule has 0 aliphatic carbocycles. The fourth-order valence-corrected chi connectivity index (χ4v) is 20.3. The van der Waals surface area contributed by atoms with E-state index in [2.05, 4.69) is 240 Å². The Morgan fingerprint density at radius 2 is 0.681 bits per heavy atom. The second-order valence-electron chi connectivity index (χ2n) is 17.3. The van der Waals surface area contributed by atoms with E-state index in [1.165, 1.54) is 41.5 Å². The van der Waals surface area contributed by atoms with E-state index in [1.807, 2.05) is 24.5 Å². The van der Waals surface area contributed by atoms with Gasteiger partial charge in [-0.05, 0) is 77.9 Å². The molecule has 0 unspecified atom stereocenters. The molecule has 4 aromatic heterocycles. The van der Waals surface area contributed by atoms with Crippen LogP contribution in [0.15, 0.2) is 267 Å². The second-order valence-corrected chi connectivity index (χ2v) is 24.9. The lowest BCUT2D eigenvalue weighted by molar-refractivity contribution is 0.888. The third-order valence-electron chi connectivity index (χ3n) is 13.6. The Morgan fingerprint density at radius 1 is 0.290 bits per heavy atom. The predicted octanol–water partition coefficient (Wildman–Crippen LogP) is 7.85. The molecule has 0 atom stereocenters. The normalized spacial score (nSPS) is 11.8. The highest BCUT2D eigenvalue weighted by molar-refractivity contribution is 7.20. The van der Waals surface area contributed by atoms with E-state index >= 15 is 0 Å². The number of benzene rings is 8. The average Bonchev–Trinajstić information content (AvgIpc) is 3.76. The standard InChI is InChI=1S/C61H44N6Si2/c1-5-21-47(22-6-1)68(48-23-7-2-8-24-48,51-29-17-19-45(41-51)57-31-13-15-37-62-57)53-33-35-55-56-36-34-54(44-60(56)67(59(55)43-53)61-64-39-40-65-66-61)69(49-25-9-3-10-26-49,50-27-11-4-12-28-50)52-30-18-20-46(42-52)58-32-14-16-38-63-58/h1-44H. The highest BCUT2D eigenvalue weighted by Crippen LogP contribution is 2.32. The van der Waals surface area contributed by atoms with Crippen molar-refractivity contribution in [3.05, 3.63) is 267 Å². The van der Waals surface area contributed by atoms with Gasteiger partial charge in [0, 0.05) is 34.3 Å². The van der Waals surface area contributed by atoms with Crippen LogP contribution in [0.25, 0.3) is 50.3 Å². The molecule has 6 nitrogen and oxygen atoms in total. The van der Waals surface area contributed by atoms with Gasteiger partial charge in [-0.3, -0.25) is 14.5 Å². The van der Waals surface area contributed by atoms with Crippen LogP contribution in [-0.4, -0.2) is 45.9 Å². The van der Waals surface area contributed by atoms with Crippen molar-refractivity contribution in [3.8, 4) is 28.5 Å². The van der Waals surface area contributed by atoms with Gasteiger partial charge in [-0.1, -0.05) is 206 Å². The van der Waals surface area contributed by atoms with Gasteiger partial charge in [-0.15, -0.1) is 5.10 Å². The summed E-state index contributed by atoms with van der Waals surface area (Å²) in [5, 5.41) is 21.5. The molecule has 0 N–H and O–H groups in total. The third kappa shape index (κ3) is 7.13. The minimum absolute atomic E-state index is 0.513. The SMILES string of the molecule is c1ccc([Si](c2ccccc2)(c2cccc(-c3ccccn3)c2)c2ccc3c4ccc([Si](c5ccccc5)(c5ccccc5)c5cccc(-c6ccccn6)c5)cc4n(-c4nccnn4)c3c2)cc1. The van der Waals surface area contributed by atoms with Gasteiger partial charge >= 0.3 is 0 Å². The van der Waals surface area contributed by atoms with Crippen molar-refractivity contribution >= 4 is 79.4 Å². The number of pyridine rings is 2. The van der Waals surface area contributed by atoms with Gasteiger partial charge in [-0.25, -0.2) is 4.98 Å². The zero-order chi connectivity index (χ0) is 46.0. The molecule has 4 heterocycles. The molecule has 0 radical (unpaired) electrons. The molecule has 69 heavy (non-hydrogen) atoms. The maximum absolute atomic E-state index is 4.94. The Balaban J connectivity index is 1.17. The van der Waals surface area contributed by atoms with E-state index in [0.717, 1.165) is 44.3 Å². The quantitative estimate of drug-likeness (QED) is 0.0978. The van der Waals surface area contributed by atoms with E-state index in [1.54, 1.807) is 12.4 Å². The first kappa shape index (κ1) is 41.7. The lowest BCUT2D eigenvalue weighted by Crippen LogP contribution is -2.74. The van der Waals surface area contributed by atoms with Crippen LogP contribution in [0.2, 0.25) is 0 Å². The zero-order valence-electron chi connectivity index (χ0n) is 37.6. The number of hydrogen-bond donors (Lipinski definition) is 0. The Bertz CT molecular complexity index is 3400. The molecule has 0 fully saturated rings. The first-order chi connectivity index (χ1) is 34.2. The first-order valence-electron chi connectivity index (χ1n) is 23.2. The molecule has 8 aromatic carbocycles. The van der Waals surface area contributed by atoms with Crippen LogP contribution in [0, 0.1) is 0 Å². The third-order valence-corrected chi connectivity index (χ3v) is 23.1. The van der Waals surface area contributed by atoms with Crippen LogP contribution in [0.1, 0.15) is 0 Å². The topological polar surface area (TPSA) is 69.4 Å². The molecule has 0 bridgehead atoms. The fraction of sp³-hybridized carbons (Fsp3) is 0. The van der Waals surface area contributed by atoms with Crippen molar-refractivity contribution in [3.63, 3.8) is 0 Å². The summed E-state index contributed by atoms with van der Waals surface area (Å²) >= 11 is 0. The Morgan fingerprint density at radius 3 is 1.06 bits per heavy atom. The molecule has 12 aromatic rings. The maximum Gasteiger partial charge on any atom is 0.254 e. The fourth-order valence-electron chi connectivity index (χ4n) is 10.7. The number of aromatic nitrogens is 6. The predicted molar refractivity (Wildman–Crippen MR) is 288 cm³/mol. The van der Waals surface area contributed by atoms with Crippen LogP contribution in [0.5, 0.6) is 0 Å². The van der Waals surface area contributed by atoms with Gasteiger partial charge in [0.25, 0.3) is 5.95 Å². The summed E-state index contributed by atoms with van der Waals surface area (Å²) in [5.41, 5.74) is 6.08. The molecule has 0 saturated carbocycles. The molecule has 0 amide bonds. The Hall–Kier alpha value is -8.70. The van der Waals surface area contributed by atoms with Crippen molar-refractivity contribution in [1.29, 1.82) is 0 Å². The summed E-state index contributed by atoms with van der Waals surface area (Å²) in [6.07, 6.45) is 7.11. The van der Waals surface area contributed by atoms with Crippen molar-refractivity contribution in [1.82, 2.24) is 29.7 Å². The van der Waals surface area contributed by atoms with Gasteiger partial charge in [0.05, 0.1) is 34.8 Å². The molecule has 8 heteroatoms. The number of rotatable bonds is 11. The summed E-state index contributed by atoms with van der Waals surface area (Å²) in [4.78, 5) is 14.5. The van der Waals surface area contributed by atoms with Gasteiger partial charge in [0.15, 0.2) is 16.1 Å². The molecule has 0 spiro atoms. The van der Waals surface area contributed by atoms with Crippen LogP contribution >= 0.6 is 0 Å². The summed E-state index contributed by atoms with van der Waals surface area (Å²) < 4.78 is 2.24. The van der Waals surface area contributed by atoms with Crippen LogP contribution in [0.4, 0.5) is 0 Å². The van der Waals surface area contributed by atoms with Crippen molar-refractivity contribution in [2.24, 2.45) is 0 Å². The van der Waals surface area contributed by atoms with E-state index < -0.39 is 16.1 Å². The molecular weight excluding hydrogens is 873 g/mol. The van der Waals surface area contributed by atoms with Gasteiger partial charge < -0.3 is 0 Å². The Kier molecular flexibility index (Phi) is 10.8. The van der Waals surface area contributed by atoms with Gasteiger partial charge in [-0.2, -0.15) is 5.10 Å². The van der Waals surface area contributed by atoms with E-state index in [0.29, 0.717) is 5.95 Å². The minimum Gasteiger partial charge on any atom is -0.277 e. The van der Waals surface area contributed by atoms with E-state index in [-0.39, 0.29) is 0 Å². The molecule has 0 aliphatic rings. The van der Waals surface area contributed by atoms with Crippen LogP contribution in [-0.2, 0) is 0 Å². The van der Waals surface area contributed by atoms with Gasteiger partial charge in [0.2, 0.25) is 0 Å². The van der Waals surface area contributed by atoms with Crippen LogP contribution in [0.3, 0.4) is 0 Å². The van der Waals surface area contributed by atoms with E-state index in [4.69, 9.17) is 20.1 Å². The molecule has 12 rings (SSSR count). The van der Waals surface area contributed by atoms with Crippen molar-refractivity contribution < 1.29 is 0 Å². The minimum atomic E-state index is -3.06. The van der Waals surface area contributed by atoms with Crippen molar-refractivity contribution in [2.45, 2.75) is 0 Å². The second kappa shape index (κ2) is 17.8. The molecular formula is C61H44N6Si2. The number of nitrogens with zero attached hydrogens (tertiary/aromatic N) is 6. The van der Waals surface area contributed by atoms with Crippen LogP contribution < -0.4 is 41.5 Å². The summed E-state index contributed by atoms with van der Waals surface area (Å²) in [5.74, 6) is 0.513. The molecule has 326 valence electrons. The van der Waals surface area contributed by atoms with E-state index in [9.17, 15) is 0 Å². The van der Waals surface area contributed by atoms with Gasteiger partial charge in [0.1, 0.15) is 0 Å². The molecule has 0 saturated heterocycles. The number of hydrogen-bond acceptors (Lipinski definition) is 5. The first-order valence-corrected chi connectivity index (χ1v) is 27.2. The Labute approximate surface area is 403 Å². The monoisotopic (exact) mass is 916 g/mol. The summed E-state index contributed by atoms with van der Waals surface area (Å²) in [6, 6.07) is 88.8. The highest BCUT2D eigenvalue weighted by atomic mass is 28.3. The lowest BCUT2D eigenvalue weighted by Gasteiger charge is -2.35. The zero-order valence-corrected chi connectivity index (χ0v) is 39.6. The lowest BCUT2D eigenvalue weighted by atomic mass is 10.1. The average molecular weight is 917 g/mol. The maximum atomic E-state index is 4.94. The summed E-state index contributed by atoms with van der Waals surface area (Å²) in [6.45, 7) is 0. The smallest absolute Gasteiger partial charge is 0.254 e.